The Balaban J connectivity index is 1.86. The van der Waals surface area contributed by atoms with E-state index in [1.807, 2.05) is 12.1 Å². The van der Waals surface area contributed by atoms with Crippen molar-refractivity contribution in [3.8, 4) is 5.75 Å². The summed E-state index contributed by atoms with van der Waals surface area (Å²) in [6, 6.07) is 12.0. The maximum absolute atomic E-state index is 13.6. The zero-order valence-electron chi connectivity index (χ0n) is 14.3. The quantitative estimate of drug-likeness (QED) is 0.735. The molecule has 3 rings (SSSR count). The SMILES string of the molecule is COc1ccc(Cc2cc([C@@H]3O[C@H](O)C(F)(F)[C@H](O)[C@H]3O)ccc2Cl)cc1. The third kappa shape index (κ3) is 3.93. The molecule has 1 heterocycles. The standard InChI is InChI=1S/C19H19ClF2O5/c1-26-13-5-2-10(3-6-13)8-12-9-11(4-7-14(12)20)16-15(23)17(24)19(21,22)18(25)27-16/h2-7,9,15-18,23-25H,8H2,1H3/t15-,16-,17+,18-/m0/s1. The molecule has 27 heavy (non-hydrogen) atoms. The lowest BCUT2D eigenvalue weighted by Crippen LogP contribution is -2.58. The van der Waals surface area contributed by atoms with Gasteiger partial charge in [-0.25, -0.2) is 0 Å². The highest BCUT2D eigenvalue weighted by atomic mass is 35.5. The van der Waals surface area contributed by atoms with Crippen molar-refractivity contribution in [2.45, 2.75) is 36.9 Å². The lowest BCUT2D eigenvalue weighted by molar-refractivity contribution is -0.345. The third-order valence-corrected chi connectivity index (χ3v) is 4.95. The van der Waals surface area contributed by atoms with Crippen molar-refractivity contribution in [1.29, 1.82) is 0 Å². The maximum Gasteiger partial charge on any atom is 0.325 e. The van der Waals surface area contributed by atoms with Crippen LogP contribution in [-0.4, -0.2) is 46.8 Å². The first-order chi connectivity index (χ1) is 12.7. The van der Waals surface area contributed by atoms with Crippen LogP contribution in [0.2, 0.25) is 5.02 Å². The van der Waals surface area contributed by atoms with Crippen LogP contribution >= 0.6 is 11.6 Å². The molecule has 1 aliphatic heterocycles. The Labute approximate surface area is 159 Å². The van der Waals surface area contributed by atoms with E-state index in [2.05, 4.69) is 0 Å². The summed E-state index contributed by atoms with van der Waals surface area (Å²) < 4.78 is 37.2. The normalized spacial score (nSPS) is 27.4. The van der Waals surface area contributed by atoms with Crippen molar-refractivity contribution in [2.75, 3.05) is 7.11 Å². The van der Waals surface area contributed by atoms with E-state index in [-0.39, 0.29) is 0 Å². The van der Waals surface area contributed by atoms with E-state index < -0.39 is 30.5 Å². The Bertz CT molecular complexity index is 799. The van der Waals surface area contributed by atoms with Crippen molar-refractivity contribution >= 4 is 11.6 Å². The van der Waals surface area contributed by atoms with Crippen LogP contribution < -0.4 is 4.74 Å². The summed E-state index contributed by atoms with van der Waals surface area (Å²) in [6.45, 7) is 0. The average molecular weight is 401 g/mol. The number of aliphatic hydroxyl groups is 3. The summed E-state index contributed by atoms with van der Waals surface area (Å²) in [5.74, 6) is -3.25. The second-order valence-electron chi connectivity index (χ2n) is 6.39. The van der Waals surface area contributed by atoms with E-state index in [4.69, 9.17) is 21.1 Å². The molecule has 146 valence electrons. The zero-order valence-corrected chi connectivity index (χ0v) is 15.1. The molecule has 5 nitrogen and oxygen atoms in total. The molecule has 0 radical (unpaired) electrons. The number of halogens is 3. The van der Waals surface area contributed by atoms with Crippen LogP contribution in [0.15, 0.2) is 42.5 Å². The molecular formula is C19H19ClF2O5. The van der Waals surface area contributed by atoms with Gasteiger partial charge in [-0.3, -0.25) is 0 Å². The largest absolute Gasteiger partial charge is 0.497 e. The smallest absolute Gasteiger partial charge is 0.325 e. The highest BCUT2D eigenvalue weighted by molar-refractivity contribution is 6.31. The summed E-state index contributed by atoms with van der Waals surface area (Å²) in [4.78, 5) is 0. The lowest BCUT2D eigenvalue weighted by Gasteiger charge is -2.40. The van der Waals surface area contributed by atoms with Gasteiger partial charge in [-0.15, -0.1) is 0 Å². The predicted octanol–water partition coefficient (Wildman–Crippen LogP) is 2.69. The fraction of sp³-hybridized carbons (Fsp3) is 0.368. The van der Waals surface area contributed by atoms with Gasteiger partial charge in [0.25, 0.3) is 0 Å². The highest BCUT2D eigenvalue weighted by Crippen LogP contribution is 2.40. The van der Waals surface area contributed by atoms with Gasteiger partial charge in [0.15, 0.2) is 6.10 Å². The Hall–Kier alpha value is -1.77. The maximum atomic E-state index is 13.6. The number of hydrogen-bond donors (Lipinski definition) is 3. The molecule has 2 aromatic carbocycles. The number of aliphatic hydroxyl groups excluding tert-OH is 3. The number of ether oxygens (including phenoxy) is 2. The van der Waals surface area contributed by atoms with Crippen molar-refractivity contribution in [3.05, 3.63) is 64.2 Å². The molecule has 0 spiro atoms. The summed E-state index contributed by atoms with van der Waals surface area (Å²) in [5, 5.41) is 29.6. The van der Waals surface area contributed by atoms with Gasteiger partial charge >= 0.3 is 5.92 Å². The van der Waals surface area contributed by atoms with Crippen LogP contribution in [0.1, 0.15) is 22.8 Å². The molecule has 0 aliphatic carbocycles. The molecule has 0 bridgehead atoms. The molecule has 0 saturated carbocycles. The molecule has 0 unspecified atom stereocenters. The minimum absolute atomic E-state index is 0.323. The number of rotatable bonds is 4. The summed E-state index contributed by atoms with van der Waals surface area (Å²) in [6.07, 6.45) is -7.76. The molecular weight excluding hydrogens is 382 g/mol. The summed E-state index contributed by atoms with van der Waals surface area (Å²) in [7, 11) is 1.57. The number of methoxy groups -OCH3 is 1. The Morgan fingerprint density at radius 2 is 1.78 bits per heavy atom. The van der Waals surface area contributed by atoms with E-state index in [9.17, 15) is 24.1 Å². The number of hydrogen-bond acceptors (Lipinski definition) is 5. The van der Waals surface area contributed by atoms with Crippen molar-refractivity contribution < 1.29 is 33.6 Å². The van der Waals surface area contributed by atoms with Gasteiger partial charge in [0.2, 0.25) is 6.29 Å². The first kappa shape index (κ1) is 20.0. The van der Waals surface area contributed by atoms with Crippen LogP contribution in [-0.2, 0) is 11.2 Å². The fourth-order valence-corrected chi connectivity index (χ4v) is 3.18. The monoisotopic (exact) mass is 400 g/mol. The molecule has 0 aromatic heterocycles. The molecule has 2 aromatic rings. The predicted molar refractivity (Wildman–Crippen MR) is 94.0 cm³/mol. The molecule has 8 heteroatoms. The van der Waals surface area contributed by atoms with Crippen LogP contribution in [0.3, 0.4) is 0 Å². The van der Waals surface area contributed by atoms with E-state index in [1.54, 1.807) is 31.4 Å². The zero-order chi connectivity index (χ0) is 19.8. The van der Waals surface area contributed by atoms with Crippen LogP contribution in [0.25, 0.3) is 0 Å². The third-order valence-electron chi connectivity index (χ3n) is 4.58. The van der Waals surface area contributed by atoms with Gasteiger partial charge < -0.3 is 24.8 Å². The number of alkyl halides is 2. The molecule has 1 fully saturated rings. The van der Waals surface area contributed by atoms with Gasteiger partial charge in [0.05, 0.1) is 7.11 Å². The van der Waals surface area contributed by atoms with Gasteiger partial charge in [0, 0.05) is 5.02 Å². The average Bonchev–Trinajstić information content (AvgIpc) is 2.66. The van der Waals surface area contributed by atoms with E-state index in [1.165, 1.54) is 6.07 Å². The number of benzene rings is 2. The molecule has 1 aliphatic rings. The molecule has 3 N–H and O–H groups in total. The molecule has 0 amide bonds. The second kappa shape index (κ2) is 7.69. The van der Waals surface area contributed by atoms with Crippen molar-refractivity contribution in [3.63, 3.8) is 0 Å². The Kier molecular flexibility index (Phi) is 5.69. The van der Waals surface area contributed by atoms with Gasteiger partial charge in [-0.2, -0.15) is 8.78 Å². The van der Waals surface area contributed by atoms with E-state index in [0.717, 1.165) is 5.56 Å². The minimum atomic E-state index is -3.96. The van der Waals surface area contributed by atoms with Gasteiger partial charge in [0.1, 0.15) is 18.0 Å². The lowest BCUT2D eigenvalue weighted by atomic mass is 9.91. The van der Waals surface area contributed by atoms with E-state index >= 15 is 0 Å². The second-order valence-corrected chi connectivity index (χ2v) is 6.80. The Morgan fingerprint density at radius 3 is 2.41 bits per heavy atom. The van der Waals surface area contributed by atoms with Crippen LogP contribution in [0, 0.1) is 0 Å². The molecule has 1 saturated heterocycles. The minimum Gasteiger partial charge on any atom is -0.497 e. The topological polar surface area (TPSA) is 79.2 Å². The van der Waals surface area contributed by atoms with E-state index in [0.29, 0.717) is 28.3 Å². The fourth-order valence-electron chi connectivity index (χ4n) is 3.00. The van der Waals surface area contributed by atoms with Crippen LogP contribution in [0.5, 0.6) is 5.75 Å². The molecule has 4 atom stereocenters. The van der Waals surface area contributed by atoms with Gasteiger partial charge in [-0.05, 0) is 41.3 Å². The summed E-state index contributed by atoms with van der Waals surface area (Å²) >= 11 is 6.24. The highest BCUT2D eigenvalue weighted by Gasteiger charge is 2.57. The van der Waals surface area contributed by atoms with Crippen molar-refractivity contribution in [1.82, 2.24) is 0 Å². The summed E-state index contributed by atoms with van der Waals surface area (Å²) in [5.41, 5.74) is 1.94. The van der Waals surface area contributed by atoms with Gasteiger partial charge in [-0.1, -0.05) is 35.9 Å². The first-order valence-electron chi connectivity index (χ1n) is 8.22. The first-order valence-corrected chi connectivity index (χ1v) is 8.60. The Morgan fingerprint density at radius 1 is 1.11 bits per heavy atom. The van der Waals surface area contributed by atoms with Crippen molar-refractivity contribution in [2.24, 2.45) is 0 Å². The van der Waals surface area contributed by atoms with Crippen LogP contribution in [0.4, 0.5) is 8.78 Å².